The number of hydrogen-bond acceptors (Lipinski definition) is 5. The van der Waals surface area contributed by atoms with E-state index in [1.165, 1.54) is 36.3 Å². The first-order valence-corrected chi connectivity index (χ1v) is 10.2. The third-order valence-corrected chi connectivity index (χ3v) is 6.34. The van der Waals surface area contributed by atoms with E-state index < -0.39 is 5.82 Å². The van der Waals surface area contributed by atoms with Crippen LogP contribution in [0.5, 0.6) is 5.75 Å². The average molecular weight is 402 g/mol. The van der Waals surface area contributed by atoms with Crippen LogP contribution in [-0.2, 0) is 11.3 Å². The molecule has 3 aromatic rings. The van der Waals surface area contributed by atoms with Crippen molar-refractivity contribution in [1.82, 2.24) is 9.47 Å². The zero-order chi connectivity index (χ0) is 19.7. The summed E-state index contributed by atoms with van der Waals surface area (Å²) in [6.07, 6.45) is 0. The Labute approximate surface area is 167 Å². The maximum atomic E-state index is 14.3. The van der Waals surface area contributed by atoms with E-state index in [-0.39, 0.29) is 11.3 Å². The molecule has 0 spiro atoms. The zero-order valence-electron chi connectivity index (χ0n) is 16.0. The maximum absolute atomic E-state index is 14.3. The molecule has 1 saturated heterocycles. The van der Waals surface area contributed by atoms with Gasteiger partial charge in [-0.2, -0.15) is 0 Å². The van der Waals surface area contributed by atoms with Crippen molar-refractivity contribution in [2.45, 2.75) is 13.5 Å². The van der Waals surface area contributed by atoms with Crippen LogP contribution in [0.4, 0.5) is 4.39 Å². The summed E-state index contributed by atoms with van der Waals surface area (Å²) in [6, 6.07) is 8.29. The van der Waals surface area contributed by atoms with E-state index in [1.54, 1.807) is 6.07 Å². The number of ether oxygens (including phenoxy) is 2. The van der Waals surface area contributed by atoms with Crippen LogP contribution in [0, 0.1) is 12.7 Å². The SMILES string of the molecule is COc1ccc(C(=O)c2cc3cc(C)n(CCN4CCOCC4)c3s2)c(F)c1. The third-order valence-electron chi connectivity index (χ3n) is 5.16. The number of ketones is 1. The van der Waals surface area contributed by atoms with Crippen LogP contribution in [0.2, 0.25) is 0 Å². The van der Waals surface area contributed by atoms with E-state index in [0.29, 0.717) is 10.6 Å². The van der Waals surface area contributed by atoms with E-state index >= 15 is 0 Å². The highest BCUT2D eigenvalue weighted by Crippen LogP contribution is 2.31. The second kappa shape index (κ2) is 8.03. The summed E-state index contributed by atoms with van der Waals surface area (Å²) in [7, 11) is 1.47. The minimum atomic E-state index is -0.561. The molecule has 7 heteroatoms. The molecule has 5 nitrogen and oxygen atoms in total. The van der Waals surface area contributed by atoms with Gasteiger partial charge in [0.05, 0.1) is 30.8 Å². The number of morpholine rings is 1. The molecule has 1 fully saturated rings. The molecule has 0 N–H and O–H groups in total. The number of rotatable bonds is 6. The van der Waals surface area contributed by atoms with Crippen molar-refractivity contribution in [2.75, 3.05) is 40.0 Å². The van der Waals surface area contributed by atoms with Crippen molar-refractivity contribution in [1.29, 1.82) is 0 Å². The molecule has 0 amide bonds. The van der Waals surface area contributed by atoms with Crippen LogP contribution < -0.4 is 4.74 Å². The van der Waals surface area contributed by atoms with Crippen molar-refractivity contribution in [2.24, 2.45) is 0 Å². The lowest BCUT2D eigenvalue weighted by Crippen LogP contribution is -2.38. The number of benzene rings is 1. The Kier molecular flexibility index (Phi) is 5.48. The summed E-state index contributed by atoms with van der Waals surface area (Å²) in [6.45, 7) is 7.36. The molecule has 28 heavy (non-hydrogen) atoms. The van der Waals surface area contributed by atoms with Crippen LogP contribution in [0.1, 0.15) is 20.9 Å². The van der Waals surface area contributed by atoms with Gasteiger partial charge in [-0.1, -0.05) is 0 Å². The summed E-state index contributed by atoms with van der Waals surface area (Å²) in [5, 5.41) is 1.03. The van der Waals surface area contributed by atoms with Gasteiger partial charge in [-0.15, -0.1) is 11.3 Å². The Morgan fingerprint density at radius 3 is 2.71 bits per heavy atom. The number of carbonyl (C=O) groups is 1. The van der Waals surface area contributed by atoms with Crippen molar-refractivity contribution in [3.63, 3.8) is 0 Å². The molecule has 0 aliphatic carbocycles. The number of aromatic nitrogens is 1. The summed E-state index contributed by atoms with van der Waals surface area (Å²) < 4.78 is 27.0. The van der Waals surface area contributed by atoms with Crippen molar-refractivity contribution < 1.29 is 18.7 Å². The van der Waals surface area contributed by atoms with Crippen molar-refractivity contribution in [3.05, 3.63) is 52.3 Å². The molecule has 4 rings (SSSR count). The Bertz CT molecular complexity index is 1000. The van der Waals surface area contributed by atoms with E-state index in [9.17, 15) is 9.18 Å². The number of aryl methyl sites for hydroxylation is 1. The number of hydrogen-bond donors (Lipinski definition) is 0. The number of halogens is 1. The fraction of sp³-hybridized carbons (Fsp3) is 0.381. The molecule has 0 bridgehead atoms. The molecular weight excluding hydrogens is 379 g/mol. The highest BCUT2D eigenvalue weighted by atomic mass is 32.1. The highest BCUT2D eigenvalue weighted by Gasteiger charge is 2.20. The first kappa shape index (κ1) is 19.1. The van der Waals surface area contributed by atoms with Gasteiger partial charge in [-0.25, -0.2) is 4.39 Å². The number of nitrogens with zero attached hydrogens (tertiary/aromatic N) is 2. The standard InChI is InChI=1S/C21H23FN2O3S/c1-14-11-15-12-19(20(25)17-4-3-16(26-2)13-18(17)22)28-21(15)24(14)6-5-23-7-9-27-10-8-23/h3-4,11-13H,5-10H2,1-2H3. The van der Waals surface area contributed by atoms with Crippen LogP contribution in [0.15, 0.2) is 30.3 Å². The lowest BCUT2D eigenvalue weighted by atomic mass is 10.1. The molecule has 0 radical (unpaired) electrons. The van der Waals surface area contributed by atoms with Gasteiger partial charge in [0.1, 0.15) is 16.4 Å². The maximum Gasteiger partial charge on any atom is 0.205 e. The monoisotopic (exact) mass is 402 g/mol. The fourth-order valence-corrected chi connectivity index (χ4v) is 4.75. The predicted molar refractivity (Wildman–Crippen MR) is 108 cm³/mol. The minimum Gasteiger partial charge on any atom is -0.497 e. The Balaban J connectivity index is 1.57. The largest absolute Gasteiger partial charge is 0.497 e. The predicted octanol–water partition coefficient (Wildman–Crippen LogP) is 3.72. The van der Waals surface area contributed by atoms with Crippen molar-refractivity contribution in [3.8, 4) is 5.75 Å². The summed E-state index contributed by atoms with van der Waals surface area (Å²) in [5.74, 6) is -0.455. The van der Waals surface area contributed by atoms with Gasteiger partial charge in [0.15, 0.2) is 0 Å². The van der Waals surface area contributed by atoms with Crippen LogP contribution in [0.3, 0.4) is 0 Å². The lowest BCUT2D eigenvalue weighted by molar-refractivity contribution is 0.0365. The Morgan fingerprint density at radius 1 is 1.21 bits per heavy atom. The lowest BCUT2D eigenvalue weighted by Gasteiger charge is -2.26. The second-order valence-corrected chi connectivity index (χ2v) is 7.97. The van der Waals surface area contributed by atoms with E-state index in [0.717, 1.165) is 49.6 Å². The second-order valence-electron chi connectivity index (χ2n) is 6.94. The molecular formula is C21H23FN2O3S. The average Bonchev–Trinajstić information content (AvgIpc) is 3.23. The normalized spacial score (nSPS) is 15.2. The Hall–Kier alpha value is -2.22. The van der Waals surface area contributed by atoms with E-state index in [4.69, 9.17) is 9.47 Å². The fourth-order valence-electron chi connectivity index (χ4n) is 3.57. The molecule has 2 aromatic heterocycles. The van der Waals surface area contributed by atoms with Crippen LogP contribution in [0.25, 0.3) is 10.2 Å². The molecule has 1 aliphatic rings. The molecule has 0 saturated carbocycles. The van der Waals surface area contributed by atoms with Gasteiger partial charge in [0, 0.05) is 43.3 Å². The first-order valence-electron chi connectivity index (χ1n) is 9.35. The van der Waals surface area contributed by atoms with Gasteiger partial charge < -0.3 is 14.0 Å². The van der Waals surface area contributed by atoms with Crippen molar-refractivity contribution >= 4 is 27.3 Å². The van der Waals surface area contributed by atoms with Gasteiger partial charge in [0.2, 0.25) is 5.78 Å². The molecule has 148 valence electrons. The van der Waals surface area contributed by atoms with E-state index in [1.807, 2.05) is 6.07 Å². The minimum absolute atomic E-state index is 0.0706. The third kappa shape index (κ3) is 3.70. The number of methoxy groups -OCH3 is 1. The Morgan fingerprint density at radius 2 is 2.00 bits per heavy atom. The quantitative estimate of drug-likeness (QED) is 0.590. The summed E-state index contributed by atoms with van der Waals surface area (Å²) >= 11 is 1.43. The number of carbonyl (C=O) groups excluding carboxylic acids is 1. The van der Waals surface area contributed by atoms with Crippen LogP contribution in [-0.4, -0.2) is 55.2 Å². The first-order chi connectivity index (χ1) is 13.6. The molecule has 1 aromatic carbocycles. The van der Waals surface area contributed by atoms with Crippen LogP contribution >= 0.6 is 11.3 Å². The van der Waals surface area contributed by atoms with E-state index in [2.05, 4.69) is 22.5 Å². The smallest absolute Gasteiger partial charge is 0.205 e. The highest BCUT2D eigenvalue weighted by molar-refractivity contribution is 7.20. The number of fused-ring (bicyclic) bond motifs is 1. The molecule has 3 heterocycles. The van der Waals surface area contributed by atoms with Gasteiger partial charge in [-0.3, -0.25) is 9.69 Å². The van der Waals surface area contributed by atoms with Gasteiger partial charge in [0.25, 0.3) is 0 Å². The molecule has 0 atom stereocenters. The summed E-state index contributed by atoms with van der Waals surface area (Å²) in [5.41, 5.74) is 1.24. The summed E-state index contributed by atoms with van der Waals surface area (Å²) in [4.78, 5) is 16.8. The molecule has 1 aliphatic heterocycles. The van der Waals surface area contributed by atoms with Gasteiger partial charge >= 0.3 is 0 Å². The molecule has 0 unspecified atom stereocenters. The number of thiophene rings is 1. The zero-order valence-corrected chi connectivity index (χ0v) is 16.9. The van der Waals surface area contributed by atoms with Gasteiger partial charge in [-0.05, 0) is 31.2 Å². The topological polar surface area (TPSA) is 43.7 Å².